The number of aryl methyl sites for hydroxylation is 1. The monoisotopic (exact) mass is 605 g/mol. The summed E-state index contributed by atoms with van der Waals surface area (Å²) in [6.07, 6.45) is 2.72. The maximum atomic E-state index is 11.2. The number of aliphatic carboxylic acids is 2. The van der Waals surface area contributed by atoms with Gasteiger partial charge >= 0.3 is 11.9 Å². The molecule has 6 aromatic rings. The lowest BCUT2D eigenvalue weighted by Crippen LogP contribution is -1.97. The summed E-state index contributed by atoms with van der Waals surface area (Å²) in [6, 6.07) is 35.3. The summed E-state index contributed by atoms with van der Waals surface area (Å²) in [6.45, 7) is 0. The maximum absolute atomic E-state index is 11.2. The Balaban J connectivity index is 1.32. The van der Waals surface area contributed by atoms with Gasteiger partial charge in [0.1, 0.15) is 23.3 Å². The van der Waals surface area contributed by atoms with E-state index in [2.05, 4.69) is 60.1 Å². The summed E-state index contributed by atoms with van der Waals surface area (Å²) >= 11 is 1.67. The average molecular weight is 606 g/mol. The number of aromatic nitrogens is 1. The molecule has 45 heavy (non-hydrogen) atoms. The molecular weight excluding hydrogens is 582 g/mol. The number of hydrogen-bond acceptors (Lipinski definition) is 5. The van der Waals surface area contributed by atoms with E-state index in [1.165, 1.54) is 12.2 Å². The summed E-state index contributed by atoms with van der Waals surface area (Å²) in [5, 5.41) is 38.6. The molecule has 0 saturated heterocycles. The molecule has 4 aromatic carbocycles. The van der Waals surface area contributed by atoms with Crippen molar-refractivity contribution in [2.75, 3.05) is 0 Å². The van der Waals surface area contributed by atoms with Crippen molar-refractivity contribution in [3.8, 4) is 44.1 Å². The molecular formula is C37H23N3O4S. The van der Waals surface area contributed by atoms with Crippen LogP contribution in [0, 0.1) is 22.7 Å². The van der Waals surface area contributed by atoms with E-state index >= 15 is 0 Å². The zero-order valence-corrected chi connectivity index (χ0v) is 24.7. The van der Waals surface area contributed by atoms with E-state index in [0.29, 0.717) is 11.1 Å². The van der Waals surface area contributed by atoms with Gasteiger partial charge in [-0.1, -0.05) is 60.7 Å². The molecule has 0 radical (unpaired) electrons. The Morgan fingerprint density at radius 3 is 1.53 bits per heavy atom. The second-order valence-electron chi connectivity index (χ2n) is 10.4. The van der Waals surface area contributed by atoms with Gasteiger partial charge in [-0.05, 0) is 81.9 Å². The third-order valence-electron chi connectivity index (χ3n) is 7.66. The number of rotatable bonds is 7. The van der Waals surface area contributed by atoms with Crippen molar-refractivity contribution in [2.45, 2.75) is 0 Å². The van der Waals surface area contributed by atoms with Crippen LogP contribution in [0.5, 0.6) is 0 Å². The molecule has 2 aromatic heterocycles. The molecule has 7 nitrogen and oxygen atoms in total. The summed E-state index contributed by atoms with van der Waals surface area (Å²) in [5.41, 5.74) is 6.99. The molecule has 6 rings (SSSR count). The first-order chi connectivity index (χ1) is 21.7. The number of nitrogens with zero attached hydrogens (tertiary/aromatic N) is 3. The van der Waals surface area contributed by atoms with Gasteiger partial charge in [-0.3, -0.25) is 0 Å². The normalized spacial score (nSPS) is 11.8. The van der Waals surface area contributed by atoms with Crippen LogP contribution in [0.25, 0.3) is 66.0 Å². The summed E-state index contributed by atoms with van der Waals surface area (Å²) in [7, 11) is 2.05. The lowest BCUT2D eigenvalue weighted by molar-refractivity contribution is -0.133. The molecule has 2 N–H and O–H groups in total. The Morgan fingerprint density at radius 1 is 0.622 bits per heavy atom. The molecule has 0 amide bonds. The van der Waals surface area contributed by atoms with Crippen molar-refractivity contribution in [1.82, 2.24) is 4.57 Å². The van der Waals surface area contributed by atoms with Crippen LogP contribution < -0.4 is 0 Å². The number of benzene rings is 4. The highest BCUT2D eigenvalue weighted by Crippen LogP contribution is 2.38. The fourth-order valence-corrected chi connectivity index (χ4v) is 6.34. The molecule has 0 spiro atoms. The highest BCUT2D eigenvalue weighted by molar-refractivity contribution is 7.18. The predicted molar refractivity (Wildman–Crippen MR) is 177 cm³/mol. The van der Waals surface area contributed by atoms with Crippen molar-refractivity contribution in [1.29, 1.82) is 10.5 Å². The number of thiophene rings is 1. The predicted octanol–water partition coefficient (Wildman–Crippen LogP) is 8.38. The standard InChI is InChI=1S/C37H23N3O4S/c1-40-32-12-10-26(24-6-2-22(3-7-24)16-28(20-38)36(41)42)18-30(32)31-19-27(11-13-33(31)40)35-15-14-34(45-35)25-8-4-23(5-9-25)17-29(21-39)37(43)44/h2-19H,1H3,(H,41,42)(H,43,44)/b28-16-,29-17-. The fraction of sp³-hybridized carbons (Fsp3) is 0.0270. The number of fused-ring (bicyclic) bond motifs is 3. The van der Waals surface area contributed by atoms with Gasteiger partial charge in [-0.25, -0.2) is 9.59 Å². The maximum Gasteiger partial charge on any atom is 0.346 e. The van der Waals surface area contributed by atoms with Crippen LogP contribution in [0.4, 0.5) is 0 Å². The molecule has 8 heteroatoms. The van der Waals surface area contributed by atoms with Crippen LogP contribution in [0.3, 0.4) is 0 Å². The molecule has 0 atom stereocenters. The largest absolute Gasteiger partial charge is 0.477 e. The molecule has 0 unspecified atom stereocenters. The van der Waals surface area contributed by atoms with Crippen LogP contribution in [0.2, 0.25) is 0 Å². The summed E-state index contributed by atoms with van der Waals surface area (Å²) < 4.78 is 2.18. The zero-order valence-electron chi connectivity index (χ0n) is 23.9. The van der Waals surface area contributed by atoms with Crippen LogP contribution >= 0.6 is 11.3 Å². The molecule has 2 heterocycles. The Hall–Kier alpha value is -6.22. The van der Waals surface area contributed by atoms with Crippen LogP contribution in [-0.4, -0.2) is 26.7 Å². The molecule has 216 valence electrons. The molecule has 0 fully saturated rings. The minimum absolute atomic E-state index is 0.310. The van der Waals surface area contributed by atoms with Crippen LogP contribution in [-0.2, 0) is 16.6 Å². The number of carboxylic acids is 2. The highest BCUT2D eigenvalue weighted by atomic mass is 32.1. The molecule has 0 aliphatic rings. The average Bonchev–Trinajstić information content (AvgIpc) is 3.66. The molecule has 0 aliphatic carbocycles. The number of hydrogen-bond donors (Lipinski definition) is 2. The van der Waals surface area contributed by atoms with E-state index in [0.717, 1.165) is 53.8 Å². The number of carbonyl (C=O) groups is 2. The van der Waals surface area contributed by atoms with Crippen molar-refractivity contribution in [3.63, 3.8) is 0 Å². The Labute approximate surface area is 262 Å². The van der Waals surface area contributed by atoms with Gasteiger partial charge in [-0.15, -0.1) is 11.3 Å². The zero-order chi connectivity index (χ0) is 31.7. The van der Waals surface area contributed by atoms with E-state index in [9.17, 15) is 9.59 Å². The Kier molecular flexibility index (Phi) is 7.58. The van der Waals surface area contributed by atoms with Gasteiger partial charge in [0.15, 0.2) is 0 Å². The highest BCUT2D eigenvalue weighted by Gasteiger charge is 2.13. The van der Waals surface area contributed by atoms with Crippen molar-refractivity contribution in [2.24, 2.45) is 7.05 Å². The topological polar surface area (TPSA) is 127 Å². The minimum atomic E-state index is -1.25. The number of nitriles is 2. The van der Waals surface area contributed by atoms with E-state index in [-0.39, 0.29) is 11.1 Å². The van der Waals surface area contributed by atoms with Gasteiger partial charge in [0, 0.05) is 38.6 Å². The second-order valence-corrected chi connectivity index (χ2v) is 11.5. The van der Waals surface area contributed by atoms with E-state index in [1.54, 1.807) is 47.7 Å². The van der Waals surface area contributed by atoms with Gasteiger partial charge in [0.05, 0.1) is 0 Å². The van der Waals surface area contributed by atoms with Gasteiger partial charge in [0.25, 0.3) is 0 Å². The van der Waals surface area contributed by atoms with E-state index in [4.69, 9.17) is 20.7 Å². The van der Waals surface area contributed by atoms with Crippen molar-refractivity contribution in [3.05, 3.63) is 119 Å². The van der Waals surface area contributed by atoms with E-state index in [1.807, 2.05) is 24.3 Å². The first-order valence-electron chi connectivity index (χ1n) is 13.8. The Morgan fingerprint density at radius 2 is 1.04 bits per heavy atom. The minimum Gasteiger partial charge on any atom is -0.477 e. The lowest BCUT2D eigenvalue weighted by Gasteiger charge is -2.04. The fourth-order valence-electron chi connectivity index (χ4n) is 5.33. The van der Waals surface area contributed by atoms with Crippen LogP contribution in [0.15, 0.2) is 108 Å². The Bertz CT molecular complexity index is 2290. The second kappa shape index (κ2) is 11.8. The first kappa shape index (κ1) is 28.9. The summed E-state index contributed by atoms with van der Waals surface area (Å²) in [5.74, 6) is -2.50. The van der Waals surface area contributed by atoms with Gasteiger partial charge < -0.3 is 14.8 Å². The van der Waals surface area contributed by atoms with Gasteiger partial charge in [-0.2, -0.15) is 10.5 Å². The smallest absolute Gasteiger partial charge is 0.346 e. The SMILES string of the molecule is Cn1c2ccc(-c3ccc(/C=C(/C#N)C(=O)O)cc3)cc2c2cc(-c3ccc(-c4ccc(/C=C(/C#N)C(=O)O)cc4)s3)ccc21. The number of carboxylic acid groups (broad SMARTS) is 2. The quantitative estimate of drug-likeness (QED) is 0.139. The molecule has 0 bridgehead atoms. The molecule has 0 aliphatic heterocycles. The summed E-state index contributed by atoms with van der Waals surface area (Å²) in [4.78, 5) is 24.5. The molecule has 0 saturated carbocycles. The van der Waals surface area contributed by atoms with Crippen molar-refractivity contribution < 1.29 is 19.8 Å². The first-order valence-corrected chi connectivity index (χ1v) is 14.6. The van der Waals surface area contributed by atoms with Crippen molar-refractivity contribution >= 4 is 57.2 Å². The third-order valence-corrected chi connectivity index (χ3v) is 8.84. The van der Waals surface area contributed by atoms with Crippen LogP contribution in [0.1, 0.15) is 11.1 Å². The van der Waals surface area contributed by atoms with E-state index < -0.39 is 11.9 Å². The lowest BCUT2D eigenvalue weighted by atomic mass is 10.0. The van der Waals surface area contributed by atoms with Gasteiger partial charge in [0.2, 0.25) is 0 Å². The third kappa shape index (κ3) is 5.62.